The van der Waals surface area contributed by atoms with Gasteiger partial charge in [-0.1, -0.05) is 11.8 Å². The molecule has 11 heteroatoms. The van der Waals surface area contributed by atoms with E-state index in [0.717, 1.165) is 6.33 Å². The first-order valence-electron chi connectivity index (χ1n) is 5.34. The second kappa shape index (κ2) is 9.14. The summed E-state index contributed by atoms with van der Waals surface area (Å²) in [4.78, 5) is 26.8. The summed E-state index contributed by atoms with van der Waals surface area (Å²) >= 11 is 0. The first-order chi connectivity index (χ1) is 10.2. The predicted molar refractivity (Wildman–Crippen MR) is 66.0 cm³/mol. The Bertz CT molecular complexity index is 580. The number of hydrogen-bond donors (Lipinski definition) is 4. The van der Waals surface area contributed by atoms with Gasteiger partial charge in [0, 0.05) is 6.07 Å². The molecule has 0 spiro atoms. The van der Waals surface area contributed by atoms with Gasteiger partial charge in [-0.05, 0) is 0 Å². The number of aliphatic carboxylic acids is 1. The highest BCUT2D eigenvalue weighted by Crippen LogP contribution is 2.13. The number of nitrogens with one attached hydrogen (secondary N) is 1. The van der Waals surface area contributed by atoms with Gasteiger partial charge in [0.05, 0.1) is 6.54 Å². The molecule has 22 heavy (non-hydrogen) atoms. The molecule has 0 aliphatic heterocycles. The monoisotopic (exact) mass is 321 g/mol. The van der Waals surface area contributed by atoms with E-state index in [9.17, 15) is 18.0 Å². The summed E-state index contributed by atoms with van der Waals surface area (Å²) in [6.45, 7) is 0.0858. The van der Waals surface area contributed by atoms with Crippen molar-refractivity contribution in [3.8, 4) is 11.8 Å². The molecule has 8 nitrogen and oxygen atoms in total. The van der Waals surface area contributed by atoms with Crippen molar-refractivity contribution in [1.82, 2.24) is 9.97 Å². The molecule has 0 saturated heterocycles. The van der Waals surface area contributed by atoms with Crippen molar-refractivity contribution in [3.05, 3.63) is 18.1 Å². The zero-order valence-electron chi connectivity index (χ0n) is 10.8. The topological polar surface area (TPSA) is 133 Å². The highest BCUT2D eigenvalue weighted by molar-refractivity contribution is 5.86. The van der Waals surface area contributed by atoms with E-state index < -0.39 is 18.1 Å². The van der Waals surface area contributed by atoms with Gasteiger partial charge < -0.3 is 20.6 Å². The molecule has 0 saturated carbocycles. The predicted octanol–water partition coefficient (Wildman–Crippen LogP) is 0.216. The average Bonchev–Trinajstić information content (AvgIpc) is 2.43. The minimum absolute atomic E-state index is 0.0809. The number of carboxylic acid groups (broad SMARTS) is 2. The number of aliphatic hydroxyl groups is 1. The summed E-state index contributed by atoms with van der Waals surface area (Å²) in [6.07, 6.45) is -3.93. The van der Waals surface area contributed by atoms with Crippen molar-refractivity contribution in [2.45, 2.75) is 6.18 Å². The minimum Gasteiger partial charge on any atom is -0.477 e. The third-order valence-corrected chi connectivity index (χ3v) is 1.69. The fourth-order valence-corrected chi connectivity index (χ4v) is 0.824. The maximum Gasteiger partial charge on any atom is 0.490 e. The number of alkyl halides is 3. The number of nitrogens with zero attached hydrogens (tertiary/aromatic N) is 2. The molecule has 1 heterocycles. The van der Waals surface area contributed by atoms with Gasteiger partial charge in [0.2, 0.25) is 0 Å². The Balaban J connectivity index is 0.000000534. The van der Waals surface area contributed by atoms with Crippen molar-refractivity contribution in [2.24, 2.45) is 0 Å². The molecule has 1 aromatic rings. The summed E-state index contributed by atoms with van der Waals surface area (Å²) in [5.74, 6) is 1.57. The third-order valence-electron chi connectivity index (χ3n) is 1.69. The molecule has 0 fully saturated rings. The van der Waals surface area contributed by atoms with E-state index in [2.05, 4.69) is 27.1 Å². The fourth-order valence-electron chi connectivity index (χ4n) is 0.824. The molecule has 0 atom stereocenters. The molecule has 0 aliphatic rings. The number of anilines is 1. The third kappa shape index (κ3) is 8.33. The largest absolute Gasteiger partial charge is 0.490 e. The van der Waals surface area contributed by atoms with Crippen molar-refractivity contribution in [1.29, 1.82) is 0 Å². The quantitative estimate of drug-likeness (QED) is 0.581. The van der Waals surface area contributed by atoms with E-state index in [1.165, 1.54) is 6.07 Å². The van der Waals surface area contributed by atoms with Crippen molar-refractivity contribution in [2.75, 3.05) is 18.5 Å². The van der Waals surface area contributed by atoms with Crippen LogP contribution >= 0.6 is 0 Å². The van der Waals surface area contributed by atoms with Gasteiger partial charge in [0.15, 0.2) is 5.69 Å². The second-order valence-electron chi connectivity index (χ2n) is 3.26. The normalized spacial score (nSPS) is 9.64. The Morgan fingerprint density at radius 2 is 1.82 bits per heavy atom. The maximum absolute atomic E-state index is 10.6. The van der Waals surface area contributed by atoms with Crippen LogP contribution in [0.15, 0.2) is 12.4 Å². The molecule has 1 aromatic heterocycles. The van der Waals surface area contributed by atoms with E-state index >= 15 is 0 Å². The molecule has 0 radical (unpaired) electrons. The van der Waals surface area contributed by atoms with Crippen LogP contribution in [0.3, 0.4) is 0 Å². The lowest BCUT2D eigenvalue weighted by molar-refractivity contribution is -0.192. The lowest BCUT2D eigenvalue weighted by Crippen LogP contribution is -2.21. The Labute approximate surface area is 121 Å². The zero-order valence-corrected chi connectivity index (χ0v) is 10.8. The van der Waals surface area contributed by atoms with E-state index in [4.69, 9.17) is 20.1 Å². The highest BCUT2D eigenvalue weighted by Gasteiger charge is 2.38. The van der Waals surface area contributed by atoms with Crippen LogP contribution in [0.25, 0.3) is 0 Å². The number of aliphatic hydroxyl groups excluding tert-OH is 1. The molecule has 0 amide bonds. The van der Waals surface area contributed by atoms with Gasteiger partial charge in [-0.15, -0.1) is 0 Å². The molecule has 0 aliphatic carbocycles. The van der Waals surface area contributed by atoms with E-state index in [1.807, 2.05) is 0 Å². The number of hydrogen-bond acceptors (Lipinski definition) is 6. The second-order valence-corrected chi connectivity index (χ2v) is 3.26. The highest BCUT2D eigenvalue weighted by atomic mass is 19.4. The molecular weight excluding hydrogens is 311 g/mol. The summed E-state index contributed by atoms with van der Waals surface area (Å²) in [5, 5.41) is 26.9. The summed E-state index contributed by atoms with van der Waals surface area (Å²) in [5.41, 5.74) is -0.0809. The van der Waals surface area contributed by atoms with Crippen LogP contribution in [-0.2, 0) is 4.79 Å². The number of carbonyl (C=O) groups is 2. The van der Waals surface area contributed by atoms with Crippen LogP contribution < -0.4 is 5.32 Å². The molecule has 0 unspecified atom stereocenters. The SMILES string of the molecule is O=C(O)C(F)(F)F.O=C(O)c1cc(NCC#CCO)ncn1. The van der Waals surface area contributed by atoms with E-state index in [-0.39, 0.29) is 18.8 Å². The van der Waals surface area contributed by atoms with Gasteiger partial charge in [-0.2, -0.15) is 13.2 Å². The molecule has 4 N–H and O–H groups in total. The van der Waals surface area contributed by atoms with E-state index in [1.54, 1.807) is 0 Å². The summed E-state index contributed by atoms with van der Waals surface area (Å²) in [6, 6.07) is 1.31. The standard InChI is InChI=1S/C9H9N3O3.C2HF3O2/c13-4-2-1-3-10-8-5-7(9(14)15)11-6-12-8;3-2(4,5)1(6)7/h5-6,13H,3-4H2,(H,14,15)(H,10,11,12);(H,6,7). The Hall–Kier alpha value is -2.87. The van der Waals surface area contributed by atoms with Gasteiger partial charge in [0.25, 0.3) is 0 Å². The average molecular weight is 321 g/mol. The smallest absolute Gasteiger partial charge is 0.477 e. The van der Waals surface area contributed by atoms with Gasteiger partial charge in [-0.25, -0.2) is 19.6 Å². The molecular formula is C11H10F3N3O5. The Kier molecular flexibility index (Phi) is 7.94. The molecule has 0 bridgehead atoms. The van der Waals surface area contributed by atoms with Crippen LogP contribution in [0.2, 0.25) is 0 Å². The van der Waals surface area contributed by atoms with Crippen LogP contribution in [0, 0.1) is 11.8 Å². The van der Waals surface area contributed by atoms with E-state index in [0.29, 0.717) is 5.82 Å². The fraction of sp³-hybridized carbons (Fsp3) is 0.273. The van der Waals surface area contributed by atoms with Gasteiger partial charge in [-0.3, -0.25) is 0 Å². The Morgan fingerprint density at radius 3 is 2.27 bits per heavy atom. The Morgan fingerprint density at radius 1 is 1.23 bits per heavy atom. The van der Waals surface area contributed by atoms with Crippen molar-refractivity contribution >= 4 is 17.8 Å². The minimum atomic E-state index is -5.08. The first-order valence-corrected chi connectivity index (χ1v) is 5.34. The molecule has 0 aromatic carbocycles. The number of aromatic nitrogens is 2. The lowest BCUT2D eigenvalue weighted by atomic mass is 10.4. The van der Waals surface area contributed by atoms with Crippen LogP contribution in [0.4, 0.5) is 19.0 Å². The van der Waals surface area contributed by atoms with Crippen LogP contribution in [0.1, 0.15) is 10.5 Å². The first kappa shape index (κ1) is 19.1. The van der Waals surface area contributed by atoms with Gasteiger partial charge >= 0.3 is 18.1 Å². The van der Waals surface area contributed by atoms with Crippen molar-refractivity contribution < 1.29 is 38.1 Å². The number of halogens is 3. The number of carboxylic acids is 2. The van der Waals surface area contributed by atoms with Crippen LogP contribution in [-0.4, -0.2) is 56.6 Å². The molecule has 1 rings (SSSR count). The number of rotatable bonds is 3. The van der Waals surface area contributed by atoms with Gasteiger partial charge in [0.1, 0.15) is 18.8 Å². The summed E-state index contributed by atoms with van der Waals surface area (Å²) in [7, 11) is 0. The number of aromatic carboxylic acids is 1. The maximum atomic E-state index is 10.6. The zero-order chi connectivity index (χ0) is 17.2. The van der Waals surface area contributed by atoms with Crippen molar-refractivity contribution in [3.63, 3.8) is 0 Å². The molecule has 120 valence electrons. The summed E-state index contributed by atoms with van der Waals surface area (Å²) < 4.78 is 31.7. The lowest BCUT2D eigenvalue weighted by Gasteiger charge is -2.00. The van der Waals surface area contributed by atoms with Crippen LogP contribution in [0.5, 0.6) is 0 Å².